The fourth-order valence-corrected chi connectivity index (χ4v) is 1.95. The Labute approximate surface area is 112 Å². The Balaban J connectivity index is 2.70. The molecule has 0 bridgehead atoms. The number of hydrogen-bond donors (Lipinski definition) is 1. The molecule has 1 aromatic carbocycles. The fraction of sp³-hybridized carbons (Fsp3) is 0.500. The largest absolute Gasteiger partial charge is 0.320 e. The predicted octanol–water partition coefficient (Wildman–Crippen LogP) is 2.29. The lowest BCUT2D eigenvalue weighted by molar-refractivity contribution is -0.385. The first kappa shape index (κ1) is 14.9. The van der Waals surface area contributed by atoms with Crippen LogP contribution in [-0.2, 0) is 6.54 Å². The van der Waals surface area contributed by atoms with Crippen molar-refractivity contribution in [1.29, 1.82) is 0 Å². The minimum Gasteiger partial charge on any atom is -0.320 e. The van der Waals surface area contributed by atoms with Crippen LogP contribution in [-0.4, -0.2) is 37.0 Å². The van der Waals surface area contributed by atoms with Gasteiger partial charge in [0, 0.05) is 23.2 Å². The van der Waals surface area contributed by atoms with Crippen molar-refractivity contribution in [2.45, 2.75) is 13.0 Å². The number of benzene rings is 1. The van der Waals surface area contributed by atoms with Crippen molar-refractivity contribution in [1.82, 2.24) is 10.2 Å². The van der Waals surface area contributed by atoms with Gasteiger partial charge in [0.15, 0.2) is 0 Å². The van der Waals surface area contributed by atoms with Crippen LogP contribution in [0.3, 0.4) is 0 Å². The molecule has 0 fully saturated rings. The predicted molar refractivity (Wildman–Crippen MR) is 73.0 cm³/mol. The van der Waals surface area contributed by atoms with E-state index in [-0.39, 0.29) is 10.6 Å². The van der Waals surface area contributed by atoms with Gasteiger partial charge in [-0.3, -0.25) is 10.1 Å². The SMILES string of the molecule is CNCCCN(C)Cc1cc(Cl)ccc1[N+](=O)[O-]. The lowest BCUT2D eigenvalue weighted by Gasteiger charge is -2.16. The van der Waals surface area contributed by atoms with Crippen LogP contribution in [0.1, 0.15) is 12.0 Å². The average molecular weight is 272 g/mol. The Bertz CT molecular complexity index is 412. The van der Waals surface area contributed by atoms with Gasteiger partial charge in [0.2, 0.25) is 0 Å². The summed E-state index contributed by atoms with van der Waals surface area (Å²) in [7, 11) is 3.85. The summed E-state index contributed by atoms with van der Waals surface area (Å²) in [5, 5.41) is 14.5. The summed E-state index contributed by atoms with van der Waals surface area (Å²) >= 11 is 5.88. The highest BCUT2D eigenvalue weighted by Gasteiger charge is 2.15. The van der Waals surface area contributed by atoms with Gasteiger partial charge in [-0.25, -0.2) is 0 Å². The van der Waals surface area contributed by atoms with E-state index >= 15 is 0 Å². The maximum atomic E-state index is 10.9. The van der Waals surface area contributed by atoms with Crippen LogP contribution in [0.4, 0.5) is 5.69 Å². The molecular weight excluding hydrogens is 254 g/mol. The Morgan fingerprint density at radius 3 is 2.83 bits per heavy atom. The van der Waals surface area contributed by atoms with E-state index in [2.05, 4.69) is 10.2 Å². The van der Waals surface area contributed by atoms with E-state index in [1.165, 1.54) is 6.07 Å². The fourth-order valence-electron chi connectivity index (χ4n) is 1.75. The van der Waals surface area contributed by atoms with Crippen LogP contribution in [0.25, 0.3) is 0 Å². The van der Waals surface area contributed by atoms with E-state index in [4.69, 9.17) is 11.6 Å². The lowest BCUT2D eigenvalue weighted by Crippen LogP contribution is -2.22. The topological polar surface area (TPSA) is 58.4 Å². The first-order valence-corrected chi connectivity index (χ1v) is 6.18. The number of nitro groups is 1. The molecule has 1 N–H and O–H groups in total. The van der Waals surface area contributed by atoms with Crippen molar-refractivity contribution in [3.63, 3.8) is 0 Å². The van der Waals surface area contributed by atoms with Crippen LogP contribution >= 0.6 is 11.6 Å². The molecule has 0 radical (unpaired) electrons. The van der Waals surface area contributed by atoms with Gasteiger partial charge in [-0.1, -0.05) is 11.6 Å². The summed E-state index contributed by atoms with van der Waals surface area (Å²) in [6.45, 7) is 2.34. The molecule has 0 atom stereocenters. The molecule has 1 aromatic rings. The van der Waals surface area contributed by atoms with Gasteiger partial charge in [0.25, 0.3) is 5.69 Å². The van der Waals surface area contributed by atoms with Gasteiger partial charge in [-0.2, -0.15) is 0 Å². The molecule has 0 aliphatic heterocycles. The molecule has 0 amide bonds. The van der Waals surface area contributed by atoms with Crippen molar-refractivity contribution in [3.8, 4) is 0 Å². The van der Waals surface area contributed by atoms with Gasteiger partial charge in [-0.05, 0) is 45.7 Å². The number of halogens is 1. The first-order chi connectivity index (χ1) is 8.54. The summed E-state index contributed by atoms with van der Waals surface area (Å²) in [6, 6.07) is 4.66. The number of rotatable bonds is 7. The molecule has 0 aromatic heterocycles. The number of nitrogens with one attached hydrogen (secondary N) is 1. The highest BCUT2D eigenvalue weighted by atomic mass is 35.5. The summed E-state index contributed by atoms with van der Waals surface area (Å²) in [6.07, 6.45) is 1.00. The molecule has 6 heteroatoms. The van der Waals surface area contributed by atoms with E-state index in [0.717, 1.165) is 19.5 Å². The molecule has 0 aliphatic carbocycles. The Hall–Kier alpha value is -1.17. The van der Waals surface area contributed by atoms with Crippen LogP contribution in [0.2, 0.25) is 5.02 Å². The van der Waals surface area contributed by atoms with E-state index < -0.39 is 0 Å². The third-order valence-electron chi connectivity index (χ3n) is 2.65. The molecule has 100 valence electrons. The second-order valence-corrected chi connectivity index (χ2v) is 4.66. The average Bonchev–Trinajstić information content (AvgIpc) is 2.29. The monoisotopic (exact) mass is 271 g/mol. The van der Waals surface area contributed by atoms with Crippen molar-refractivity contribution in [2.75, 3.05) is 27.2 Å². The van der Waals surface area contributed by atoms with Crippen LogP contribution < -0.4 is 5.32 Å². The molecule has 0 saturated heterocycles. The zero-order chi connectivity index (χ0) is 13.5. The first-order valence-electron chi connectivity index (χ1n) is 5.80. The molecule has 5 nitrogen and oxygen atoms in total. The smallest absolute Gasteiger partial charge is 0.273 e. The summed E-state index contributed by atoms with van der Waals surface area (Å²) in [5.41, 5.74) is 0.777. The molecule has 0 spiro atoms. The second kappa shape index (κ2) is 7.31. The minimum absolute atomic E-state index is 0.125. The number of nitrogens with zero attached hydrogens (tertiary/aromatic N) is 2. The molecule has 0 heterocycles. The highest BCUT2D eigenvalue weighted by molar-refractivity contribution is 6.30. The second-order valence-electron chi connectivity index (χ2n) is 4.23. The molecule has 0 aliphatic rings. The minimum atomic E-state index is -0.368. The molecule has 18 heavy (non-hydrogen) atoms. The summed E-state index contributed by atoms with van der Waals surface area (Å²) in [5.74, 6) is 0. The van der Waals surface area contributed by atoms with E-state index in [9.17, 15) is 10.1 Å². The van der Waals surface area contributed by atoms with Crippen LogP contribution in [0.15, 0.2) is 18.2 Å². The third kappa shape index (κ3) is 4.60. The highest BCUT2D eigenvalue weighted by Crippen LogP contribution is 2.23. The molecule has 0 saturated carbocycles. The molecular formula is C12H18ClN3O2. The lowest BCUT2D eigenvalue weighted by atomic mass is 10.1. The maximum absolute atomic E-state index is 10.9. The van der Waals surface area contributed by atoms with E-state index in [0.29, 0.717) is 17.1 Å². The van der Waals surface area contributed by atoms with Gasteiger partial charge in [0.05, 0.1) is 4.92 Å². The Morgan fingerprint density at radius 1 is 1.50 bits per heavy atom. The van der Waals surface area contributed by atoms with Crippen molar-refractivity contribution >= 4 is 17.3 Å². The summed E-state index contributed by atoms with van der Waals surface area (Å²) < 4.78 is 0. The van der Waals surface area contributed by atoms with Gasteiger partial charge in [-0.15, -0.1) is 0 Å². The van der Waals surface area contributed by atoms with E-state index in [1.807, 2.05) is 14.1 Å². The van der Waals surface area contributed by atoms with E-state index in [1.54, 1.807) is 12.1 Å². The summed E-state index contributed by atoms with van der Waals surface area (Å²) in [4.78, 5) is 12.6. The van der Waals surface area contributed by atoms with Gasteiger partial charge < -0.3 is 10.2 Å². The van der Waals surface area contributed by atoms with Crippen molar-refractivity contribution in [2.24, 2.45) is 0 Å². The Morgan fingerprint density at radius 2 is 2.22 bits per heavy atom. The van der Waals surface area contributed by atoms with Gasteiger partial charge >= 0.3 is 0 Å². The zero-order valence-corrected chi connectivity index (χ0v) is 11.4. The maximum Gasteiger partial charge on any atom is 0.273 e. The van der Waals surface area contributed by atoms with Crippen LogP contribution in [0, 0.1) is 10.1 Å². The number of hydrogen-bond acceptors (Lipinski definition) is 4. The van der Waals surface area contributed by atoms with Crippen LogP contribution in [0.5, 0.6) is 0 Å². The quantitative estimate of drug-likeness (QED) is 0.470. The Kier molecular flexibility index (Phi) is 6.04. The van der Waals surface area contributed by atoms with Gasteiger partial charge in [0.1, 0.15) is 0 Å². The number of nitro benzene ring substituents is 1. The van der Waals surface area contributed by atoms with Crippen molar-refractivity contribution in [3.05, 3.63) is 38.9 Å². The standard InChI is InChI=1S/C12H18ClN3O2/c1-14-6-3-7-15(2)9-10-8-11(13)4-5-12(10)16(17)18/h4-5,8,14H,3,6-7,9H2,1-2H3. The molecule has 1 rings (SSSR count). The normalized spacial score (nSPS) is 10.9. The molecule has 0 unspecified atom stereocenters. The van der Waals surface area contributed by atoms with Crippen molar-refractivity contribution < 1.29 is 4.92 Å². The third-order valence-corrected chi connectivity index (χ3v) is 2.88. The zero-order valence-electron chi connectivity index (χ0n) is 10.6.